The second-order valence-corrected chi connectivity index (χ2v) is 6.62. The summed E-state index contributed by atoms with van der Waals surface area (Å²) >= 11 is 0. The first kappa shape index (κ1) is 17.4. The lowest BCUT2D eigenvalue weighted by molar-refractivity contribution is 0.0325. The summed E-state index contributed by atoms with van der Waals surface area (Å²) in [4.78, 5) is 16.8. The molecule has 1 aromatic rings. The summed E-state index contributed by atoms with van der Waals surface area (Å²) in [5.74, 6) is -0.218. The van der Waals surface area contributed by atoms with Crippen LogP contribution in [0.5, 0.6) is 0 Å². The molecule has 24 heavy (non-hydrogen) atoms. The highest BCUT2D eigenvalue weighted by molar-refractivity contribution is 5.89. The van der Waals surface area contributed by atoms with E-state index >= 15 is 0 Å². The summed E-state index contributed by atoms with van der Waals surface area (Å²) in [6.45, 7) is 8.19. The normalized spacial score (nSPS) is 21.0. The highest BCUT2D eigenvalue weighted by atomic mass is 16.5. The number of rotatable bonds is 6. The van der Waals surface area contributed by atoms with Crippen molar-refractivity contribution in [3.63, 3.8) is 0 Å². The molecule has 3 rings (SSSR count). The first-order valence-corrected chi connectivity index (χ1v) is 8.99. The Morgan fingerprint density at radius 2 is 2.17 bits per heavy atom. The van der Waals surface area contributed by atoms with Crippen LogP contribution in [0.2, 0.25) is 0 Å². The van der Waals surface area contributed by atoms with E-state index in [0.717, 1.165) is 52.2 Å². The fraction of sp³-hybridized carbons (Fsp3) is 0.632. The molecular formula is C19H28N2O3. The van der Waals surface area contributed by atoms with Crippen molar-refractivity contribution in [3.8, 4) is 0 Å². The molecule has 0 spiro atoms. The third-order valence-corrected chi connectivity index (χ3v) is 5.10. The molecule has 1 aliphatic carbocycles. The third-order valence-electron chi connectivity index (χ3n) is 5.10. The van der Waals surface area contributed by atoms with Gasteiger partial charge in [0.05, 0.1) is 25.4 Å². The Bertz CT molecular complexity index is 570. The topological polar surface area (TPSA) is 42.0 Å². The number of hydrogen-bond acceptors (Lipinski definition) is 5. The fourth-order valence-electron chi connectivity index (χ4n) is 3.67. The molecule has 0 unspecified atom stereocenters. The van der Waals surface area contributed by atoms with Crippen LogP contribution in [0.15, 0.2) is 18.2 Å². The zero-order valence-electron chi connectivity index (χ0n) is 14.8. The van der Waals surface area contributed by atoms with Crippen LogP contribution < -0.4 is 0 Å². The highest BCUT2D eigenvalue weighted by Crippen LogP contribution is 2.35. The van der Waals surface area contributed by atoms with Gasteiger partial charge in [-0.1, -0.05) is 6.07 Å². The molecule has 5 heteroatoms. The lowest BCUT2D eigenvalue weighted by Crippen LogP contribution is -2.41. The van der Waals surface area contributed by atoms with Crippen molar-refractivity contribution >= 4 is 5.97 Å². The van der Waals surface area contributed by atoms with Gasteiger partial charge in [-0.25, -0.2) is 4.79 Å². The molecule has 1 aliphatic heterocycles. The second-order valence-electron chi connectivity index (χ2n) is 6.62. The van der Waals surface area contributed by atoms with Gasteiger partial charge < -0.3 is 9.47 Å². The molecule has 1 atom stereocenters. The number of fused-ring (bicyclic) bond motifs is 1. The minimum Gasteiger partial charge on any atom is -0.462 e. The molecule has 0 aromatic heterocycles. The number of hydrogen-bond donors (Lipinski definition) is 0. The number of morpholine rings is 1. The number of carbonyl (C=O) groups is 1. The fourth-order valence-corrected chi connectivity index (χ4v) is 3.67. The maximum absolute atomic E-state index is 11.9. The van der Waals surface area contributed by atoms with Gasteiger partial charge >= 0.3 is 5.97 Å². The van der Waals surface area contributed by atoms with E-state index in [9.17, 15) is 4.79 Å². The van der Waals surface area contributed by atoms with Crippen LogP contribution in [0, 0.1) is 0 Å². The van der Waals surface area contributed by atoms with Gasteiger partial charge in [0.15, 0.2) is 0 Å². The van der Waals surface area contributed by atoms with Crippen molar-refractivity contribution in [1.29, 1.82) is 0 Å². The van der Waals surface area contributed by atoms with Crippen molar-refractivity contribution in [2.24, 2.45) is 0 Å². The Kier molecular flexibility index (Phi) is 5.87. The summed E-state index contributed by atoms with van der Waals surface area (Å²) in [7, 11) is 2.21. The zero-order chi connectivity index (χ0) is 16.9. The highest BCUT2D eigenvalue weighted by Gasteiger charge is 2.27. The van der Waals surface area contributed by atoms with E-state index in [0.29, 0.717) is 18.2 Å². The average molecular weight is 332 g/mol. The van der Waals surface area contributed by atoms with Crippen LogP contribution >= 0.6 is 0 Å². The first-order valence-electron chi connectivity index (χ1n) is 8.99. The average Bonchev–Trinajstić information content (AvgIpc) is 3.04. The van der Waals surface area contributed by atoms with Gasteiger partial charge in [-0.2, -0.15) is 0 Å². The van der Waals surface area contributed by atoms with E-state index in [-0.39, 0.29) is 5.97 Å². The predicted octanol–water partition coefficient (Wildman–Crippen LogP) is 2.11. The van der Waals surface area contributed by atoms with Crippen molar-refractivity contribution in [2.45, 2.75) is 25.8 Å². The lowest BCUT2D eigenvalue weighted by atomic mass is 10.0. The minimum absolute atomic E-state index is 0.218. The van der Waals surface area contributed by atoms with Gasteiger partial charge in [0.2, 0.25) is 0 Å². The summed E-state index contributed by atoms with van der Waals surface area (Å²) < 4.78 is 10.5. The largest absolute Gasteiger partial charge is 0.462 e. The van der Waals surface area contributed by atoms with Crippen LogP contribution in [0.3, 0.4) is 0 Å². The van der Waals surface area contributed by atoms with Crippen molar-refractivity contribution < 1.29 is 14.3 Å². The number of benzene rings is 1. The smallest absolute Gasteiger partial charge is 0.338 e. The number of aryl methyl sites for hydroxylation is 1. The Morgan fingerprint density at radius 1 is 1.38 bits per heavy atom. The molecule has 2 aliphatic rings. The SMILES string of the molecule is CCOC(=O)c1ccc2c(c1)CC[C@@H]2N(C)CCN1CCOCC1. The molecule has 1 heterocycles. The molecule has 0 radical (unpaired) electrons. The van der Waals surface area contributed by atoms with Crippen LogP contribution in [0.1, 0.15) is 40.9 Å². The van der Waals surface area contributed by atoms with Crippen LogP contribution in [0.4, 0.5) is 0 Å². The third kappa shape index (κ3) is 3.97. The number of nitrogens with zero attached hydrogens (tertiary/aromatic N) is 2. The lowest BCUT2D eigenvalue weighted by Gasteiger charge is -2.31. The van der Waals surface area contributed by atoms with E-state index < -0.39 is 0 Å². The second kappa shape index (κ2) is 8.10. The van der Waals surface area contributed by atoms with Gasteiger partial charge in [0, 0.05) is 32.2 Å². The maximum Gasteiger partial charge on any atom is 0.338 e. The van der Waals surface area contributed by atoms with Crippen molar-refractivity contribution in [3.05, 3.63) is 34.9 Å². The van der Waals surface area contributed by atoms with Crippen LogP contribution in [-0.2, 0) is 15.9 Å². The number of carbonyl (C=O) groups excluding carboxylic acids is 1. The molecule has 1 saturated heterocycles. The number of esters is 1. The van der Waals surface area contributed by atoms with E-state index in [1.54, 1.807) is 0 Å². The van der Waals surface area contributed by atoms with Gasteiger partial charge in [0.1, 0.15) is 0 Å². The van der Waals surface area contributed by atoms with Crippen LogP contribution in [-0.4, -0.2) is 68.8 Å². The van der Waals surface area contributed by atoms with Crippen molar-refractivity contribution in [1.82, 2.24) is 9.80 Å². The van der Waals surface area contributed by atoms with E-state index in [1.807, 2.05) is 19.1 Å². The molecule has 0 amide bonds. The van der Waals surface area contributed by atoms with Gasteiger partial charge in [0.25, 0.3) is 0 Å². The van der Waals surface area contributed by atoms with Gasteiger partial charge in [-0.15, -0.1) is 0 Å². The number of ether oxygens (including phenoxy) is 2. The molecule has 0 saturated carbocycles. The van der Waals surface area contributed by atoms with Crippen LogP contribution in [0.25, 0.3) is 0 Å². The van der Waals surface area contributed by atoms with Crippen molar-refractivity contribution in [2.75, 3.05) is 53.0 Å². The first-order chi connectivity index (χ1) is 11.7. The molecule has 1 fully saturated rings. The molecular weight excluding hydrogens is 304 g/mol. The maximum atomic E-state index is 11.9. The summed E-state index contributed by atoms with van der Waals surface area (Å²) in [6, 6.07) is 6.50. The summed E-state index contributed by atoms with van der Waals surface area (Å²) in [6.07, 6.45) is 2.16. The Balaban J connectivity index is 1.60. The van der Waals surface area contributed by atoms with E-state index in [4.69, 9.17) is 9.47 Å². The molecule has 1 aromatic carbocycles. The molecule has 0 N–H and O–H groups in total. The summed E-state index contributed by atoms with van der Waals surface area (Å²) in [5, 5.41) is 0. The molecule has 0 bridgehead atoms. The monoisotopic (exact) mass is 332 g/mol. The Labute approximate surface area is 144 Å². The number of likely N-dealkylation sites (N-methyl/N-ethyl adjacent to an activating group) is 1. The van der Waals surface area contributed by atoms with Gasteiger partial charge in [-0.05, 0) is 50.1 Å². The van der Waals surface area contributed by atoms with E-state index in [2.05, 4.69) is 22.9 Å². The standard InChI is InChI=1S/C19H28N2O3/c1-3-24-19(22)16-4-6-17-15(14-16)5-7-18(17)20(2)8-9-21-10-12-23-13-11-21/h4,6,14,18H,3,5,7-13H2,1-2H3/t18-/m0/s1. The molecule has 132 valence electrons. The quantitative estimate of drug-likeness (QED) is 0.747. The zero-order valence-corrected chi connectivity index (χ0v) is 14.8. The predicted molar refractivity (Wildman–Crippen MR) is 93.3 cm³/mol. The minimum atomic E-state index is -0.218. The molecule has 5 nitrogen and oxygen atoms in total. The summed E-state index contributed by atoms with van der Waals surface area (Å²) in [5.41, 5.74) is 3.34. The Morgan fingerprint density at radius 3 is 2.92 bits per heavy atom. The Hall–Kier alpha value is -1.43. The van der Waals surface area contributed by atoms with E-state index in [1.165, 1.54) is 11.1 Å². The van der Waals surface area contributed by atoms with Gasteiger partial charge in [-0.3, -0.25) is 9.80 Å².